The Bertz CT molecular complexity index is 929. The third-order valence-corrected chi connectivity index (χ3v) is 6.56. The first-order valence-corrected chi connectivity index (χ1v) is 10.4. The van der Waals surface area contributed by atoms with Crippen molar-refractivity contribution < 1.29 is 8.78 Å². The van der Waals surface area contributed by atoms with E-state index in [0.29, 0.717) is 5.56 Å². The molecule has 26 heavy (non-hydrogen) atoms. The maximum Gasteiger partial charge on any atom is 0.153 e. The molecule has 0 saturated carbocycles. The van der Waals surface area contributed by atoms with Crippen molar-refractivity contribution in [1.82, 2.24) is 0 Å². The minimum atomic E-state index is -0.735. The van der Waals surface area contributed by atoms with E-state index >= 15 is 0 Å². The monoisotopic (exact) mass is 405 g/mol. The van der Waals surface area contributed by atoms with Crippen LogP contribution in [-0.2, 0) is 6.42 Å². The van der Waals surface area contributed by atoms with Gasteiger partial charge in [0.1, 0.15) is 5.69 Å². The summed E-state index contributed by atoms with van der Waals surface area (Å²) in [7, 11) is 0. The second kappa shape index (κ2) is 8.78. The van der Waals surface area contributed by atoms with Crippen molar-refractivity contribution in [3.05, 3.63) is 52.9 Å². The summed E-state index contributed by atoms with van der Waals surface area (Å²) in [6.45, 7) is 2.20. The molecule has 3 aromatic rings. The zero-order valence-electron chi connectivity index (χ0n) is 14.2. The fourth-order valence-corrected chi connectivity index (χ4v) is 4.90. The van der Waals surface area contributed by atoms with Crippen LogP contribution < -0.4 is 0 Å². The van der Waals surface area contributed by atoms with Gasteiger partial charge >= 0.3 is 0 Å². The largest absolute Gasteiger partial charge is 0.204 e. The topological polar surface area (TPSA) is 12.4 Å². The molecule has 6 heteroatoms. The second-order valence-electron chi connectivity index (χ2n) is 5.88. The minimum absolute atomic E-state index is 0.393. The van der Waals surface area contributed by atoms with Crippen molar-refractivity contribution in [2.75, 3.05) is 0 Å². The molecule has 0 N–H and O–H groups in total. The van der Waals surface area contributed by atoms with Gasteiger partial charge in [-0.2, -0.15) is 4.99 Å². The van der Waals surface area contributed by atoms with Crippen molar-refractivity contribution in [1.29, 1.82) is 0 Å². The Kier molecular flexibility index (Phi) is 6.43. The Hall–Kier alpha value is -1.72. The van der Waals surface area contributed by atoms with E-state index < -0.39 is 17.3 Å². The molecule has 0 fully saturated rings. The average Bonchev–Trinajstić information content (AvgIpc) is 3.27. The Balaban J connectivity index is 1.83. The number of halogens is 2. The van der Waals surface area contributed by atoms with Gasteiger partial charge in [0.2, 0.25) is 0 Å². The van der Waals surface area contributed by atoms with Crippen LogP contribution in [0.15, 0.2) is 41.4 Å². The van der Waals surface area contributed by atoms with Crippen LogP contribution in [0.4, 0.5) is 14.5 Å². The molecule has 0 spiro atoms. The van der Waals surface area contributed by atoms with E-state index in [1.807, 2.05) is 17.3 Å². The maximum absolute atomic E-state index is 14.1. The molecule has 0 aliphatic heterocycles. The number of aryl methyl sites for hydroxylation is 1. The highest BCUT2D eigenvalue weighted by Crippen LogP contribution is 2.39. The molecule has 0 amide bonds. The zero-order chi connectivity index (χ0) is 18.5. The first-order chi connectivity index (χ1) is 12.6. The van der Waals surface area contributed by atoms with Gasteiger partial charge in [-0.1, -0.05) is 19.8 Å². The molecule has 3 rings (SSSR count). The smallest absolute Gasteiger partial charge is 0.153 e. The van der Waals surface area contributed by atoms with Crippen LogP contribution in [0.5, 0.6) is 0 Å². The highest BCUT2D eigenvalue weighted by Gasteiger charge is 2.14. The molecular weight excluding hydrogens is 388 g/mol. The van der Waals surface area contributed by atoms with Crippen molar-refractivity contribution in [2.45, 2.75) is 32.6 Å². The van der Waals surface area contributed by atoms with Crippen molar-refractivity contribution in [2.24, 2.45) is 4.99 Å². The summed E-state index contributed by atoms with van der Waals surface area (Å²) >= 11 is 7.74. The Morgan fingerprint density at radius 1 is 0.962 bits per heavy atom. The molecule has 0 atom stereocenters. The molecule has 0 aliphatic rings. The predicted molar refractivity (Wildman–Crippen MR) is 111 cm³/mol. The van der Waals surface area contributed by atoms with Gasteiger partial charge < -0.3 is 0 Å². The highest BCUT2D eigenvalue weighted by atomic mass is 32.1. The number of isothiocyanates is 1. The van der Waals surface area contributed by atoms with Crippen molar-refractivity contribution in [3.63, 3.8) is 0 Å². The highest BCUT2D eigenvalue weighted by molar-refractivity contribution is 7.78. The fraction of sp³-hybridized carbons (Fsp3) is 0.250. The molecule has 0 bridgehead atoms. The number of aliphatic imine (C=N–C) groups is 1. The standard InChI is InChI=1S/C20H17F2NS3/c1-2-3-4-5-14-6-7-18(25-14)19-9-8-17(26-19)13-10-15(21)20(23-12-24)16(22)11-13/h6-11H,2-5H2,1H3. The Labute approximate surface area is 165 Å². The number of rotatable bonds is 7. The lowest BCUT2D eigenvalue weighted by atomic mass is 10.1. The summed E-state index contributed by atoms with van der Waals surface area (Å²) in [5.41, 5.74) is 0.106. The van der Waals surface area contributed by atoms with E-state index in [1.165, 1.54) is 52.5 Å². The summed E-state index contributed by atoms with van der Waals surface area (Å²) in [4.78, 5) is 7.94. The molecule has 2 aromatic heterocycles. The number of hydrogen-bond acceptors (Lipinski definition) is 4. The summed E-state index contributed by atoms with van der Waals surface area (Å²) in [6.07, 6.45) is 4.78. The number of thiocarbonyl (C=S) groups is 1. The second-order valence-corrected chi connectivity index (χ2v) is 8.31. The molecule has 0 radical (unpaired) electrons. The fourth-order valence-electron chi connectivity index (χ4n) is 2.68. The minimum Gasteiger partial charge on any atom is -0.204 e. The molecule has 0 unspecified atom stereocenters. The van der Waals surface area contributed by atoms with Crippen LogP contribution in [-0.4, -0.2) is 5.16 Å². The van der Waals surface area contributed by atoms with Gasteiger partial charge in [0.15, 0.2) is 11.6 Å². The summed E-state index contributed by atoms with van der Waals surface area (Å²) in [5.74, 6) is -1.47. The molecule has 134 valence electrons. The van der Waals surface area contributed by atoms with Gasteiger partial charge in [0.25, 0.3) is 0 Å². The molecule has 2 heterocycles. The number of hydrogen-bond donors (Lipinski definition) is 0. The number of thiophene rings is 2. The number of benzene rings is 1. The molecule has 1 nitrogen and oxygen atoms in total. The van der Waals surface area contributed by atoms with Crippen LogP contribution in [0, 0.1) is 11.6 Å². The molecule has 1 aromatic carbocycles. The quantitative estimate of drug-likeness (QED) is 0.221. The van der Waals surface area contributed by atoms with E-state index in [2.05, 4.69) is 36.3 Å². The zero-order valence-corrected chi connectivity index (χ0v) is 16.7. The van der Waals surface area contributed by atoms with Crippen molar-refractivity contribution >= 4 is 45.7 Å². The van der Waals surface area contributed by atoms with E-state index in [4.69, 9.17) is 0 Å². The summed E-state index contributed by atoms with van der Waals surface area (Å²) < 4.78 is 28.1. The Morgan fingerprint density at radius 2 is 1.62 bits per heavy atom. The average molecular weight is 406 g/mol. The lowest BCUT2D eigenvalue weighted by Gasteiger charge is -2.02. The lowest BCUT2D eigenvalue weighted by molar-refractivity contribution is 0.588. The van der Waals surface area contributed by atoms with E-state index in [0.717, 1.165) is 16.2 Å². The SMILES string of the molecule is CCCCCc1ccc(-c2ccc(-c3cc(F)c(N=C=S)c(F)c3)s2)s1. The lowest BCUT2D eigenvalue weighted by Crippen LogP contribution is -1.85. The third kappa shape index (κ3) is 4.33. The summed E-state index contributed by atoms with van der Waals surface area (Å²) in [6, 6.07) is 10.8. The summed E-state index contributed by atoms with van der Waals surface area (Å²) in [5, 5.41) is 2.00. The van der Waals surface area contributed by atoms with Crippen molar-refractivity contribution in [3.8, 4) is 20.2 Å². The van der Waals surface area contributed by atoms with Gasteiger partial charge in [-0.3, -0.25) is 0 Å². The van der Waals surface area contributed by atoms with Gasteiger partial charge in [-0.05, 0) is 67.0 Å². The van der Waals surface area contributed by atoms with Gasteiger partial charge in [0.05, 0.1) is 5.16 Å². The van der Waals surface area contributed by atoms with Crippen LogP contribution in [0.1, 0.15) is 31.1 Å². The first kappa shape index (κ1) is 19.1. The molecular formula is C20H17F2NS3. The first-order valence-electron chi connectivity index (χ1n) is 8.38. The molecule has 0 aliphatic carbocycles. The van der Waals surface area contributed by atoms with Crippen LogP contribution >= 0.6 is 34.9 Å². The van der Waals surface area contributed by atoms with Gasteiger partial charge in [0, 0.05) is 19.5 Å². The van der Waals surface area contributed by atoms with Crippen LogP contribution in [0.3, 0.4) is 0 Å². The van der Waals surface area contributed by atoms with E-state index in [-0.39, 0.29) is 0 Å². The maximum atomic E-state index is 14.1. The van der Waals surface area contributed by atoms with Gasteiger partial charge in [-0.15, -0.1) is 22.7 Å². The predicted octanol–water partition coefficient (Wildman–Crippen LogP) is 7.89. The van der Waals surface area contributed by atoms with E-state index in [9.17, 15) is 8.78 Å². The number of unbranched alkanes of at least 4 members (excludes halogenated alkanes) is 2. The van der Waals surface area contributed by atoms with Gasteiger partial charge in [-0.25, -0.2) is 8.78 Å². The van der Waals surface area contributed by atoms with Crippen LogP contribution in [0.25, 0.3) is 20.2 Å². The molecule has 0 saturated heterocycles. The third-order valence-electron chi connectivity index (χ3n) is 4.00. The van der Waals surface area contributed by atoms with E-state index in [1.54, 1.807) is 11.3 Å². The normalized spacial score (nSPS) is 10.7. The van der Waals surface area contributed by atoms with Crippen LogP contribution in [0.2, 0.25) is 0 Å². The number of nitrogens with zero attached hydrogens (tertiary/aromatic N) is 1. The Morgan fingerprint density at radius 3 is 2.31 bits per heavy atom.